The number of nitrogens with one attached hydrogen (secondary N) is 1. The monoisotopic (exact) mass is 222 g/mol. The molecule has 0 aromatic carbocycles. The van der Waals surface area contributed by atoms with Crippen molar-refractivity contribution in [1.82, 2.24) is 15.3 Å². The van der Waals surface area contributed by atoms with Crippen molar-refractivity contribution in [3.8, 4) is 0 Å². The molecule has 0 fully saturated rings. The minimum atomic E-state index is -0.218. The number of amides is 1. The number of rotatable bonds is 5. The molecule has 16 heavy (non-hydrogen) atoms. The number of aromatic nitrogens is 2. The fourth-order valence-corrected chi connectivity index (χ4v) is 1.46. The second-order valence-electron chi connectivity index (χ2n) is 4.13. The summed E-state index contributed by atoms with van der Waals surface area (Å²) in [5, 5.41) is 2.85. The van der Waals surface area contributed by atoms with E-state index in [1.807, 2.05) is 0 Å². The topological polar surface area (TPSA) is 80.9 Å². The Hall–Kier alpha value is -1.49. The van der Waals surface area contributed by atoms with Crippen LogP contribution in [0.25, 0.3) is 0 Å². The Labute approximate surface area is 95.5 Å². The molecule has 0 bridgehead atoms. The van der Waals surface area contributed by atoms with E-state index in [2.05, 4.69) is 29.1 Å². The summed E-state index contributed by atoms with van der Waals surface area (Å²) in [7, 11) is 0. The van der Waals surface area contributed by atoms with Crippen molar-refractivity contribution in [2.75, 3.05) is 6.54 Å². The number of carbonyl (C=O) groups excluding carboxylic acids is 1. The molecule has 1 unspecified atom stereocenters. The Morgan fingerprint density at radius 2 is 2.25 bits per heavy atom. The van der Waals surface area contributed by atoms with Crippen molar-refractivity contribution in [3.05, 3.63) is 24.3 Å². The van der Waals surface area contributed by atoms with E-state index in [9.17, 15) is 4.79 Å². The number of nitrogens with zero attached hydrogens (tertiary/aromatic N) is 2. The van der Waals surface area contributed by atoms with Crippen LogP contribution < -0.4 is 11.1 Å². The van der Waals surface area contributed by atoms with Crippen molar-refractivity contribution in [2.45, 2.75) is 26.3 Å². The highest BCUT2D eigenvalue weighted by atomic mass is 16.1. The van der Waals surface area contributed by atoms with Gasteiger partial charge in [0.25, 0.3) is 5.91 Å². The highest BCUT2D eigenvalue weighted by Crippen LogP contribution is 2.04. The van der Waals surface area contributed by atoms with Gasteiger partial charge in [-0.15, -0.1) is 0 Å². The predicted octanol–water partition coefficient (Wildman–Crippen LogP) is 0.580. The first-order valence-electron chi connectivity index (χ1n) is 5.40. The maximum absolute atomic E-state index is 11.7. The lowest BCUT2D eigenvalue weighted by Crippen LogP contribution is -2.41. The van der Waals surface area contributed by atoms with Crippen molar-refractivity contribution >= 4 is 5.91 Å². The molecule has 1 aromatic rings. The van der Waals surface area contributed by atoms with Gasteiger partial charge < -0.3 is 11.1 Å². The quantitative estimate of drug-likeness (QED) is 0.763. The zero-order valence-corrected chi connectivity index (χ0v) is 9.68. The van der Waals surface area contributed by atoms with E-state index in [0.717, 1.165) is 6.42 Å². The van der Waals surface area contributed by atoms with Crippen molar-refractivity contribution in [1.29, 1.82) is 0 Å². The Bertz CT molecular complexity index is 326. The molecule has 0 aliphatic heterocycles. The Morgan fingerprint density at radius 3 is 2.75 bits per heavy atom. The number of carbonyl (C=O) groups is 1. The molecule has 0 spiro atoms. The molecule has 0 aliphatic carbocycles. The van der Waals surface area contributed by atoms with Gasteiger partial charge >= 0.3 is 0 Å². The first kappa shape index (κ1) is 12.6. The Morgan fingerprint density at radius 1 is 1.50 bits per heavy atom. The third-order valence-electron chi connectivity index (χ3n) is 2.17. The van der Waals surface area contributed by atoms with Crippen LogP contribution in [0.2, 0.25) is 0 Å². The summed E-state index contributed by atoms with van der Waals surface area (Å²) < 4.78 is 0. The fraction of sp³-hybridized carbons (Fsp3) is 0.545. The van der Waals surface area contributed by atoms with Gasteiger partial charge in [0.15, 0.2) is 0 Å². The highest BCUT2D eigenvalue weighted by Gasteiger charge is 2.14. The maximum atomic E-state index is 11.7. The summed E-state index contributed by atoms with van der Waals surface area (Å²) in [6.45, 7) is 4.62. The van der Waals surface area contributed by atoms with Crippen molar-refractivity contribution in [2.24, 2.45) is 11.7 Å². The van der Waals surface area contributed by atoms with Crippen LogP contribution in [0.1, 0.15) is 30.8 Å². The molecule has 0 radical (unpaired) electrons. The molecule has 0 saturated heterocycles. The van der Waals surface area contributed by atoms with Crippen LogP contribution in [0.4, 0.5) is 0 Å². The lowest BCUT2D eigenvalue weighted by atomic mass is 10.0. The number of nitrogens with two attached hydrogens (primary N) is 1. The summed E-state index contributed by atoms with van der Waals surface area (Å²) >= 11 is 0. The molecule has 3 N–H and O–H groups in total. The Kier molecular flexibility index (Phi) is 4.85. The van der Waals surface area contributed by atoms with Gasteiger partial charge in [-0.1, -0.05) is 13.8 Å². The van der Waals surface area contributed by atoms with Crippen LogP contribution in [0, 0.1) is 5.92 Å². The Balaban J connectivity index is 2.56. The largest absolute Gasteiger partial charge is 0.347 e. The molecule has 1 amide bonds. The molecule has 5 nitrogen and oxygen atoms in total. The lowest BCUT2D eigenvalue weighted by molar-refractivity contribution is 0.0928. The highest BCUT2D eigenvalue weighted by molar-refractivity contribution is 5.92. The van der Waals surface area contributed by atoms with E-state index >= 15 is 0 Å². The molecular formula is C11H18N4O. The second-order valence-corrected chi connectivity index (χ2v) is 4.13. The summed E-state index contributed by atoms with van der Waals surface area (Å²) in [4.78, 5) is 19.5. The predicted molar refractivity (Wildman–Crippen MR) is 61.8 cm³/mol. The third-order valence-corrected chi connectivity index (χ3v) is 2.17. The van der Waals surface area contributed by atoms with Crippen LogP contribution >= 0.6 is 0 Å². The first-order chi connectivity index (χ1) is 7.63. The van der Waals surface area contributed by atoms with Crippen LogP contribution in [0.15, 0.2) is 18.6 Å². The van der Waals surface area contributed by atoms with Gasteiger partial charge in [0.1, 0.15) is 5.69 Å². The van der Waals surface area contributed by atoms with Gasteiger partial charge in [-0.05, 0) is 12.3 Å². The fourth-order valence-electron chi connectivity index (χ4n) is 1.46. The summed E-state index contributed by atoms with van der Waals surface area (Å²) in [5.41, 5.74) is 5.92. The van der Waals surface area contributed by atoms with Crippen molar-refractivity contribution in [3.63, 3.8) is 0 Å². The molecule has 0 aliphatic rings. The van der Waals surface area contributed by atoms with E-state index in [-0.39, 0.29) is 11.9 Å². The van der Waals surface area contributed by atoms with E-state index in [4.69, 9.17) is 5.73 Å². The van der Waals surface area contributed by atoms with Crippen LogP contribution in [-0.4, -0.2) is 28.5 Å². The maximum Gasteiger partial charge on any atom is 0.271 e. The zero-order chi connectivity index (χ0) is 12.0. The van der Waals surface area contributed by atoms with Crippen molar-refractivity contribution < 1.29 is 4.79 Å². The molecule has 1 rings (SSSR count). The van der Waals surface area contributed by atoms with E-state index < -0.39 is 0 Å². The summed E-state index contributed by atoms with van der Waals surface area (Å²) in [6, 6.07) is -0.00509. The SMILES string of the molecule is CC(C)CC(CN)NC(=O)c1cnccn1. The van der Waals surface area contributed by atoms with Gasteiger partial charge in [0.05, 0.1) is 6.20 Å². The molecule has 1 atom stereocenters. The van der Waals surface area contributed by atoms with Gasteiger partial charge in [-0.2, -0.15) is 0 Å². The number of hydrogen-bond donors (Lipinski definition) is 2. The smallest absolute Gasteiger partial charge is 0.271 e. The lowest BCUT2D eigenvalue weighted by Gasteiger charge is -2.18. The van der Waals surface area contributed by atoms with Crippen LogP contribution in [0.5, 0.6) is 0 Å². The summed E-state index contributed by atoms with van der Waals surface area (Å²) in [6.07, 6.45) is 5.33. The van der Waals surface area contributed by atoms with Gasteiger partial charge in [0, 0.05) is 25.0 Å². The average Bonchev–Trinajstić information content (AvgIpc) is 2.28. The molecule has 0 saturated carbocycles. The number of hydrogen-bond acceptors (Lipinski definition) is 4. The van der Waals surface area contributed by atoms with E-state index in [0.29, 0.717) is 18.2 Å². The van der Waals surface area contributed by atoms with Crippen LogP contribution in [0.3, 0.4) is 0 Å². The molecule has 1 heterocycles. The molecule has 88 valence electrons. The molecule has 1 aromatic heterocycles. The molecular weight excluding hydrogens is 204 g/mol. The van der Waals surface area contributed by atoms with E-state index in [1.54, 1.807) is 0 Å². The van der Waals surface area contributed by atoms with Gasteiger partial charge in [-0.25, -0.2) is 4.98 Å². The standard InChI is InChI=1S/C11H18N4O/c1-8(2)5-9(6-12)15-11(16)10-7-13-3-4-14-10/h3-4,7-9H,5-6,12H2,1-2H3,(H,15,16). The second kappa shape index (κ2) is 6.17. The summed E-state index contributed by atoms with van der Waals surface area (Å²) in [5.74, 6) is 0.278. The first-order valence-corrected chi connectivity index (χ1v) is 5.40. The average molecular weight is 222 g/mol. The van der Waals surface area contributed by atoms with Gasteiger partial charge in [0.2, 0.25) is 0 Å². The normalized spacial score (nSPS) is 12.5. The van der Waals surface area contributed by atoms with Gasteiger partial charge in [-0.3, -0.25) is 9.78 Å². The minimum absolute atomic E-state index is 0.00509. The minimum Gasteiger partial charge on any atom is -0.347 e. The zero-order valence-electron chi connectivity index (χ0n) is 9.68. The van der Waals surface area contributed by atoms with Crippen LogP contribution in [-0.2, 0) is 0 Å². The third kappa shape index (κ3) is 3.94. The molecule has 5 heteroatoms. The van der Waals surface area contributed by atoms with E-state index in [1.165, 1.54) is 18.6 Å².